The smallest absolute Gasteiger partial charge is 0.317 e. The molecule has 1 aromatic carbocycles. The van der Waals surface area contributed by atoms with E-state index in [1.165, 1.54) is 12.1 Å². The standard InChI is InChI=1S/C16H23FN2O2/c1-11-6-5-7-12(2)19(11)16(21)18-10-15(20)13-8-3-4-9-14(13)17/h3-4,8-9,11-12,15,20H,5-7,10H2,1-2H3,(H,18,21). The maximum absolute atomic E-state index is 13.6. The molecule has 1 saturated heterocycles. The summed E-state index contributed by atoms with van der Waals surface area (Å²) in [5.41, 5.74) is 0.206. The molecule has 0 radical (unpaired) electrons. The maximum atomic E-state index is 13.6. The SMILES string of the molecule is CC1CCCC(C)N1C(=O)NCC(O)c1ccccc1F. The maximum Gasteiger partial charge on any atom is 0.317 e. The van der Waals surface area contributed by atoms with E-state index in [9.17, 15) is 14.3 Å². The van der Waals surface area contributed by atoms with Crippen LogP contribution in [-0.2, 0) is 0 Å². The second kappa shape index (κ2) is 6.89. The van der Waals surface area contributed by atoms with E-state index in [0.717, 1.165) is 19.3 Å². The molecule has 5 heteroatoms. The van der Waals surface area contributed by atoms with Crippen molar-refractivity contribution in [1.82, 2.24) is 10.2 Å². The molecule has 1 fully saturated rings. The summed E-state index contributed by atoms with van der Waals surface area (Å²) in [4.78, 5) is 14.1. The number of aliphatic hydroxyl groups excluding tert-OH is 1. The summed E-state index contributed by atoms with van der Waals surface area (Å²) in [5.74, 6) is -0.459. The Bertz CT molecular complexity index is 485. The van der Waals surface area contributed by atoms with Gasteiger partial charge in [-0.2, -0.15) is 0 Å². The van der Waals surface area contributed by atoms with Crippen LogP contribution in [0.15, 0.2) is 24.3 Å². The third kappa shape index (κ3) is 3.73. The highest BCUT2D eigenvalue weighted by atomic mass is 19.1. The van der Waals surface area contributed by atoms with Crippen LogP contribution in [0.1, 0.15) is 44.8 Å². The molecule has 21 heavy (non-hydrogen) atoms. The first kappa shape index (κ1) is 15.8. The molecular formula is C16H23FN2O2. The molecule has 1 aliphatic rings. The van der Waals surface area contributed by atoms with Crippen molar-refractivity contribution in [3.8, 4) is 0 Å². The lowest BCUT2D eigenvalue weighted by atomic mass is 9.98. The number of urea groups is 1. The zero-order valence-corrected chi connectivity index (χ0v) is 12.6. The first-order valence-corrected chi connectivity index (χ1v) is 7.49. The number of carbonyl (C=O) groups is 1. The third-order valence-corrected chi connectivity index (χ3v) is 4.14. The van der Waals surface area contributed by atoms with Crippen LogP contribution in [0, 0.1) is 5.82 Å². The van der Waals surface area contributed by atoms with Crippen LogP contribution in [0.25, 0.3) is 0 Å². The second-order valence-corrected chi connectivity index (χ2v) is 5.76. The van der Waals surface area contributed by atoms with E-state index in [4.69, 9.17) is 0 Å². The Morgan fingerprint density at radius 3 is 2.62 bits per heavy atom. The summed E-state index contributed by atoms with van der Waals surface area (Å²) in [7, 11) is 0. The first-order valence-electron chi connectivity index (χ1n) is 7.49. The van der Waals surface area contributed by atoms with E-state index in [2.05, 4.69) is 5.32 Å². The fourth-order valence-electron chi connectivity index (χ4n) is 2.95. The van der Waals surface area contributed by atoms with E-state index in [1.54, 1.807) is 12.1 Å². The van der Waals surface area contributed by atoms with Crippen LogP contribution >= 0.6 is 0 Å². The van der Waals surface area contributed by atoms with Gasteiger partial charge in [-0.1, -0.05) is 18.2 Å². The molecule has 116 valence electrons. The number of benzene rings is 1. The molecule has 1 aliphatic heterocycles. The largest absolute Gasteiger partial charge is 0.386 e. The summed E-state index contributed by atoms with van der Waals surface area (Å²) in [6.07, 6.45) is 2.08. The van der Waals surface area contributed by atoms with Gasteiger partial charge in [0.05, 0.1) is 6.10 Å². The Balaban J connectivity index is 1.93. The van der Waals surface area contributed by atoms with Gasteiger partial charge in [-0.3, -0.25) is 0 Å². The number of aliphatic hydroxyl groups is 1. The molecule has 2 amide bonds. The van der Waals surface area contributed by atoms with Crippen molar-refractivity contribution < 1.29 is 14.3 Å². The lowest BCUT2D eigenvalue weighted by Crippen LogP contribution is -2.52. The van der Waals surface area contributed by atoms with Crippen molar-refractivity contribution >= 4 is 6.03 Å². The average Bonchev–Trinajstić information content (AvgIpc) is 2.45. The van der Waals surface area contributed by atoms with E-state index >= 15 is 0 Å². The number of amides is 2. The zero-order valence-electron chi connectivity index (χ0n) is 12.6. The van der Waals surface area contributed by atoms with Crippen LogP contribution < -0.4 is 5.32 Å². The molecule has 4 nitrogen and oxygen atoms in total. The normalized spacial score (nSPS) is 23.7. The van der Waals surface area contributed by atoms with Gasteiger partial charge in [-0.15, -0.1) is 0 Å². The number of rotatable bonds is 3. The van der Waals surface area contributed by atoms with Gasteiger partial charge in [0.15, 0.2) is 0 Å². The predicted octanol–water partition coefficient (Wildman–Crippen LogP) is 2.83. The molecule has 1 heterocycles. The Hall–Kier alpha value is -1.62. The van der Waals surface area contributed by atoms with Gasteiger partial charge in [-0.25, -0.2) is 9.18 Å². The minimum absolute atomic E-state index is 0.00963. The van der Waals surface area contributed by atoms with Crippen LogP contribution in [0.5, 0.6) is 0 Å². The van der Waals surface area contributed by atoms with Gasteiger partial charge < -0.3 is 15.3 Å². The van der Waals surface area contributed by atoms with Crippen molar-refractivity contribution in [2.24, 2.45) is 0 Å². The number of likely N-dealkylation sites (tertiary alicyclic amines) is 1. The Morgan fingerprint density at radius 1 is 1.38 bits per heavy atom. The molecule has 2 rings (SSSR count). The topological polar surface area (TPSA) is 52.6 Å². The van der Waals surface area contributed by atoms with Gasteiger partial charge >= 0.3 is 6.03 Å². The van der Waals surface area contributed by atoms with E-state index in [-0.39, 0.29) is 30.2 Å². The number of hydrogen-bond donors (Lipinski definition) is 2. The third-order valence-electron chi connectivity index (χ3n) is 4.14. The van der Waals surface area contributed by atoms with Crippen molar-refractivity contribution in [1.29, 1.82) is 0 Å². The van der Waals surface area contributed by atoms with Crippen molar-refractivity contribution in [3.05, 3.63) is 35.6 Å². The molecule has 3 atom stereocenters. The number of nitrogens with one attached hydrogen (secondary N) is 1. The summed E-state index contributed by atoms with van der Waals surface area (Å²) in [6, 6.07) is 6.26. The molecule has 3 unspecified atom stereocenters. The fourth-order valence-corrected chi connectivity index (χ4v) is 2.95. The molecular weight excluding hydrogens is 271 g/mol. The van der Waals surface area contributed by atoms with E-state index in [1.807, 2.05) is 18.7 Å². The number of nitrogens with zero attached hydrogens (tertiary/aromatic N) is 1. The summed E-state index contributed by atoms with van der Waals surface area (Å²) in [5, 5.41) is 12.7. The first-order chi connectivity index (χ1) is 10.0. The highest BCUT2D eigenvalue weighted by Crippen LogP contribution is 2.22. The molecule has 2 N–H and O–H groups in total. The lowest BCUT2D eigenvalue weighted by molar-refractivity contribution is 0.114. The Labute approximate surface area is 125 Å². The number of carbonyl (C=O) groups excluding carboxylic acids is 1. The summed E-state index contributed by atoms with van der Waals surface area (Å²) in [6.45, 7) is 4.07. The Morgan fingerprint density at radius 2 is 2.00 bits per heavy atom. The van der Waals surface area contributed by atoms with Crippen molar-refractivity contribution in [3.63, 3.8) is 0 Å². The molecule has 1 aromatic rings. The predicted molar refractivity (Wildman–Crippen MR) is 79.4 cm³/mol. The van der Waals surface area contributed by atoms with Crippen molar-refractivity contribution in [2.75, 3.05) is 6.54 Å². The van der Waals surface area contributed by atoms with Crippen LogP contribution in [-0.4, -0.2) is 34.7 Å². The highest BCUT2D eigenvalue weighted by Gasteiger charge is 2.29. The summed E-state index contributed by atoms with van der Waals surface area (Å²) >= 11 is 0. The molecule has 0 bridgehead atoms. The Kier molecular flexibility index (Phi) is 5.17. The molecule has 0 aliphatic carbocycles. The average molecular weight is 294 g/mol. The van der Waals surface area contributed by atoms with Gasteiger partial charge in [0, 0.05) is 24.2 Å². The number of halogens is 1. The van der Waals surface area contributed by atoms with Gasteiger partial charge in [-0.05, 0) is 39.2 Å². The monoisotopic (exact) mass is 294 g/mol. The zero-order chi connectivity index (χ0) is 15.4. The van der Waals surface area contributed by atoms with E-state index in [0.29, 0.717) is 0 Å². The summed E-state index contributed by atoms with van der Waals surface area (Å²) < 4.78 is 13.6. The second-order valence-electron chi connectivity index (χ2n) is 5.76. The minimum Gasteiger partial charge on any atom is -0.386 e. The highest BCUT2D eigenvalue weighted by molar-refractivity contribution is 5.75. The van der Waals surface area contributed by atoms with Gasteiger partial charge in [0.25, 0.3) is 0 Å². The van der Waals surface area contributed by atoms with Crippen molar-refractivity contribution in [2.45, 2.75) is 51.3 Å². The van der Waals surface area contributed by atoms with Crippen LogP contribution in [0.2, 0.25) is 0 Å². The van der Waals surface area contributed by atoms with Crippen LogP contribution in [0.3, 0.4) is 0 Å². The lowest BCUT2D eigenvalue weighted by Gasteiger charge is -2.39. The van der Waals surface area contributed by atoms with Crippen LogP contribution in [0.4, 0.5) is 9.18 Å². The fraction of sp³-hybridized carbons (Fsp3) is 0.562. The van der Waals surface area contributed by atoms with Gasteiger partial charge in [0.2, 0.25) is 0 Å². The van der Waals surface area contributed by atoms with E-state index < -0.39 is 11.9 Å². The minimum atomic E-state index is -1.04. The number of piperidine rings is 1. The molecule has 0 aromatic heterocycles. The van der Waals surface area contributed by atoms with Gasteiger partial charge in [0.1, 0.15) is 5.82 Å². The quantitative estimate of drug-likeness (QED) is 0.900. The molecule has 0 saturated carbocycles. The molecule has 0 spiro atoms. The number of hydrogen-bond acceptors (Lipinski definition) is 2.